The van der Waals surface area contributed by atoms with E-state index in [1.807, 2.05) is 0 Å². The predicted octanol–water partition coefficient (Wildman–Crippen LogP) is 4.70. The molecule has 20 heavy (non-hydrogen) atoms. The summed E-state index contributed by atoms with van der Waals surface area (Å²) in [6.45, 7) is 7.64. The van der Waals surface area contributed by atoms with Crippen molar-refractivity contribution in [3.63, 3.8) is 0 Å². The number of ether oxygens (including phenoxy) is 1. The van der Waals surface area contributed by atoms with Crippen molar-refractivity contribution in [3.05, 3.63) is 29.8 Å². The Morgan fingerprint density at radius 1 is 1.10 bits per heavy atom. The minimum absolute atomic E-state index is 0.411. The molecule has 1 aromatic rings. The van der Waals surface area contributed by atoms with Crippen molar-refractivity contribution < 1.29 is 4.74 Å². The van der Waals surface area contributed by atoms with Crippen LogP contribution in [0.4, 0.5) is 0 Å². The van der Waals surface area contributed by atoms with Crippen LogP contribution in [0.1, 0.15) is 64.5 Å². The molecular weight excluding hydrogens is 246 g/mol. The monoisotopic (exact) mass is 275 g/mol. The van der Waals surface area contributed by atoms with Gasteiger partial charge >= 0.3 is 0 Å². The van der Waals surface area contributed by atoms with Gasteiger partial charge in [0.05, 0.1) is 6.10 Å². The Kier molecular flexibility index (Phi) is 5.90. The van der Waals surface area contributed by atoms with Gasteiger partial charge in [0.2, 0.25) is 0 Å². The topological polar surface area (TPSA) is 21.3 Å². The number of hydrogen-bond acceptors (Lipinski definition) is 2. The molecule has 0 aliphatic heterocycles. The predicted molar refractivity (Wildman–Crippen MR) is 85.2 cm³/mol. The van der Waals surface area contributed by atoms with E-state index in [1.54, 1.807) is 0 Å². The maximum atomic E-state index is 6.12. The first-order valence-electron chi connectivity index (χ1n) is 8.22. The molecule has 1 N–H and O–H groups in total. The zero-order valence-corrected chi connectivity index (χ0v) is 13.2. The molecule has 0 bridgehead atoms. The summed E-state index contributed by atoms with van der Waals surface area (Å²) in [5.41, 5.74) is 1.33. The van der Waals surface area contributed by atoms with E-state index in [2.05, 4.69) is 50.4 Å². The van der Waals surface area contributed by atoms with Crippen LogP contribution in [0.25, 0.3) is 0 Å². The molecule has 0 aromatic heterocycles. The van der Waals surface area contributed by atoms with Gasteiger partial charge in [-0.05, 0) is 62.8 Å². The fraction of sp³-hybridized carbons (Fsp3) is 0.667. The van der Waals surface area contributed by atoms with E-state index in [9.17, 15) is 0 Å². The molecule has 112 valence electrons. The van der Waals surface area contributed by atoms with Gasteiger partial charge in [0.15, 0.2) is 0 Å². The van der Waals surface area contributed by atoms with Crippen LogP contribution in [0, 0.1) is 5.92 Å². The summed E-state index contributed by atoms with van der Waals surface area (Å²) >= 11 is 0. The van der Waals surface area contributed by atoms with Crippen molar-refractivity contribution in [3.8, 4) is 5.75 Å². The minimum Gasteiger partial charge on any atom is -0.490 e. The maximum Gasteiger partial charge on any atom is 0.119 e. The van der Waals surface area contributed by atoms with Gasteiger partial charge in [0, 0.05) is 6.04 Å². The SMILES string of the molecule is CCNC(C)c1ccc(OC2CCC(CC)CC2)cc1. The first-order valence-corrected chi connectivity index (χ1v) is 8.22. The molecule has 1 unspecified atom stereocenters. The van der Waals surface area contributed by atoms with Crippen molar-refractivity contribution in [2.24, 2.45) is 5.92 Å². The maximum absolute atomic E-state index is 6.12. The molecule has 2 heteroatoms. The van der Waals surface area contributed by atoms with Gasteiger partial charge < -0.3 is 10.1 Å². The zero-order chi connectivity index (χ0) is 14.4. The molecule has 1 fully saturated rings. The van der Waals surface area contributed by atoms with Crippen molar-refractivity contribution in [1.82, 2.24) is 5.32 Å². The van der Waals surface area contributed by atoms with Crippen LogP contribution in [0.5, 0.6) is 5.75 Å². The van der Waals surface area contributed by atoms with Gasteiger partial charge in [-0.1, -0.05) is 32.4 Å². The van der Waals surface area contributed by atoms with E-state index >= 15 is 0 Å². The third-order valence-electron chi connectivity index (χ3n) is 4.56. The van der Waals surface area contributed by atoms with Crippen LogP contribution in [-0.2, 0) is 0 Å². The fourth-order valence-corrected chi connectivity index (χ4v) is 3.11. The molecule has 1 atom stereocenters. The number of rotatable bonds is 6. The Labute approximate surface area is 123 Å². The average molecular weight is 275 g/mol. The number of nitrogens with one attached hydrogen (secondary N) is 1. The van der Waals surface area contributed by atoms with E-state index in [0.29, 0.717) is 12.1 Å². The summed E-state index contributed by atoms with van der Waals surface area (Å²) in [6.07, 6.45) is 6.84. The standard InChI is InChI=1S/C18H29NO/c1-4-15-6-10-17(11-7-15)20-18-12-8-16(9-13-18)14(3)19-5-2/h8-9,12-15,17,19H,4-7,10-11H2,1-3H3. The molecule has 1 saturated carbocycles. The minimum atomic E-state index is 0.411. The smallest absolute Gasteiger partial charge is 0.119 e. The molecule has 1 aliphatic carbocycles. The van der Waals surface area contributed by atoms with Gasteiger partial charge in [0.1, 0.15) is 5.75 Å². The normalized spacial score (nSPS) is 24.4. The van der Waals surface area contributed by atoms with Crippen LogP contribution in [0.3, 0.4) is 0 Å². The highest BCUT2D eigenvalue weighted by Gasteiger charge is 2.21. The quantitative estimate of drug-likeness (QED) is 0.812. The molecule has 0 spiro atoms. The molecule has 0 radical (unpaired) electrons. The lowest BCUT2D eigenvalue weighted by molar-refractivity contribution is 0.130. The molecular formula is C18H29NO. The Bertz CT molecular complexity index is 379. The summed E-state index contributed by atoms with van der Waals surface area (Å²) in [5, 5.41) is 3.43. The second-order valence-electron chi connectivity index (χ2n) is 6.02. The lowest BCUT2D eigenvalue weighted by atomic mass is 9.86. The second kappa shape index (κ2) is 7.68. The largest absolute Gasteiger partial charge is 0.490 e. The third kappa shape index (κ3) is 4.24. The Morgan fingerprint density at radius 2 is 1.75 bits per heavy atom. The summed E-state index contributed by atoms with van der Waals surface area (Å²) in [6, 6.07) is 9.01. The fourth-order valence-electron chi connectivity index (χ4n) is 3.11. The summed E-state index contributed by atoms with van der Waals surface area (Å²) in [7, 11) is 0. The first-order chi connectivity index (χ1) is 9.72. The van der Waals surface area contributed by atoms with Crippen molar-refractivity contribution >= 4 is 0 Å². The van der Waals surface area contributed by atoms with E-state index in [4.69, 9.17) is 4.74 Å². The van der Waals surface area contributed by atoms with Crippen molar-refractivity contribution in [2.75, 3.05) is 6.54 Å². The second-order valence-corrected chi connectivity index (χ2v) is 6.02. The number of hydrogen-bond donors (Lipinski definition) is 1. The van der Waals surface area contributed by atoms with E-state index in [-0.39, 0.29) is 0 Å². The van der Waals surface area contributed by atoms with E-state index in [0.717, 1.165) is 18.2 Å². The van der Waals surface area contributed by atoms with Crippen LogP contribution in [0.2, 0.25) is 0 Å². The van der Waals surface area contributed by atoms with Crippen LogP contribution < -0.4 is 10.1 Å². The molecule has 0 heterocycles. The van der Waals surface area contributed by atoms with Crippen molar-refractivity contribution in [1.29, 1.82) is 0 Å². The Morgan fingerprint density at radius 3 is 2.30 bits per heavy atom. The highest BCUT2D eigenvalue weighted by atomic mass is 16.5. The Hall–Kier alpha value is -1.02. The summed E-state index contributed by atoms with van der Waals surface area (Å²) in [5.74, 6) is 1.95. The lowest BCUT2D eigenvalue weighted by Gasteiger charge is -2.28. The van der Waals surface area contributed by atoms with Gasteiger partial charge in [-0.15, -0.1) is 0 Å². The van der Waals surface area contributed by atoms with E-state index < -0.39 is 0 Å². The highest BCUT2D eigenvalue weighted by molar-refractivity contribution is 5.29. The Balaban J connectivity index is 1.85. The van der Waals surface area contributed by atoms with Gasteiger partial charge in [0.25, 0.3) is 0 Å². The highest BCUT2D eigenvalue weighted by Crippen LogP contribution is 2.29. The van der Waals surface area contributed by atoms with Crippen LogP contribution in [-0.4, -0.2) is 12.6 Å². The van der Waals surface area contributed by atoms with Crippen molar-refractivity contribution in [2.45, 2.75) is 65.0 Å². The zero-order valence-electron chi connectivity index (χ0n) is 13.2. The molecule has 1 aromatic carbocycles. The van der Waals surface area contributed by atoms with Gasteiger partial charge in [-0.25, -0.2) is 0 Å². The van der Waals surface area contributed by atoms with Gasteiger partial charge in [-0.3, -0.25) is 0 Å². The third-order valence-corrected chi connectivity index (χ3v) is 4.56. The summed E-state index contributed by atoms with van der Waals surface area (Å²) < 4.78 is 6.12. The molecule has 0 amide bonds. The van der Waals surface area contributed by atoms with Crippen LogP contribution >= 0.6 is 0 Å². The molecule has 2 rings (SSSR count). The number of benzene rings is 1. The van der Waals surface area contributed by atoms with E-state index in [1.165, 1.54) is 37.7 Å². The molecule has 2 nitrogen and oxygen atoms in total. The average Bonchev–Trinajstić information content (AvgIpc) is 2.49. The summed E-state index contributed by atoms with van der Waals surface area (Å²) in [4.78, 5) is 0. The molecule has 0 saturated heterocycles. The lowest BCUT2D eigenvalue weighted by Crippen LogP contribution is -2.24. The first kappa shape index (κ1) is 15.4. The van der Waals surface area contributed by atoms with Crippen LogP contribution in [0.15, 0.2) is 24.3 Å². The molecule has 1 aliphatic rings. The van der Waals surface area contributed by atoms with Gasteiger partial charge in [-0.2, -0.15) is 0 Å².